The lowest BCUT2D eigenvalue weighted by Crippen LogP contribution is -2.40. The molecule has 0 aliphatic carbocycles. The Bertz CT molecular complexity index is 658. The average Bonchev–Trinajstić information content (AvgIpc) is 3.32. The summed E-state index contributed by atoms with van der Waals surface area (Å²) in [7, 11) is 0. The van der Waals surface area contributed by atoms with Gasteiger partial charge in [0.15, 0.2) is 6.61 Å². The molecule has 2 rings (SSSR count). The van der Waals surface area contributed by atoms with Crippen molar-refractivity contribution in [2.45, 2.75) is 70.0 Å². The van der Waals surface area contributed by atoms with Crippen LogP contribution in [0.1, 0.15) is 51.9 Å². The van der Waals surface area contributed by atoms with Gasteiger partial charge in [0.1, 0.15) is 0 Å². The summed E-state index contributed by atoms with van der Waals surface area (Å²) < 4.78 is 37.0. The smallest absolute Gasteiger partial charge is 0.407 e. The minimum absolute atomic E-state index is 0.0277. The van der Waals surface area contributed by atoms with E-state index in [1.165, 1.54) is 0 Å². The zero-order chi connectivity index (χ0) is 22.9. The van der Waals surface area contributed by atoms with Crippen molar-refractivity contribution in [3.63, 3.8) is 0 Å². The minimum atomic E-state index is -3.72. The van der Waals surface area contributed by atoms with Gasteiger partial charge in [0.25, 0.3) is 5.91 Å². The summed E-state index contributed by atoms with van der Waals surface area (Å²) in [6, 6.07) is 0. The Hall–Kier alpha value is -2.23. The number of rotatable bonds is 13. The molecule has 31 heavy (non-hydrogen) atoms. The van der Waals surface area contributed by atoms with Crippen molar-refractivity contribution in [3.8, 4) is 0 Å². The second kappa shape index (κ2) is 12.0. The van der Waals surface area contributed by atoms with Crippen LogP contribution in [0, 0.1) is 11.8 Å². The van der Waals surface area contributed by atoms with Gasteiger partial charge in [-0.05, 0) is 38.0 Å². The van der Waals surface area contributed by atoms with Crippen LogP contribution in [0.5, 0.6) is 0 Å². The molecule has 0 aromatic heterocycles. The first-order valence-electron chi connectivity index (χ1n) is 10.8. The van der Waals surface area contributed by atoms with Crippen LogP contribution in [0.2, 0.25) is 0 Å². The van der Waals surface area contributed by atoms with Crippen molar-refractivity contribution in [2.24, 2.45) is 11.8 Å². The molecule has 2 aliphatic heterocycles. The van der Waals surface area contributed by atoms with Gasteiger partial charge in [0.05, 0.1) is 12.2 Å². The van der Waals surface area contributed by atoms with E-state index in [0.29, 0.717) is 19.5 Å². The molecule has 0 aromatic rings. The molecule has 10 heteroatoms. The number of carboxylic acids is 1. The van der Waals surface area contributed by atoms with Crippen LogP contribution in [-0.4, -0.2) is 60.9 Å². The Kier molecular flexibility index (Phi) is 9.67. The van der Waals surface area contributed by atoms with E-state index in [9.17, 15) is 23.2 Å². The summed E-state index contributed by atoms with van der Waals surface area (Å²) in [5, 5.41) is 13.8. The fraction of sp³-hybridized carbons (Fsp3) is 0.762. The minimum Gasteiger partial charge on any atom is -0.477 e. The number of fused-ring (bicyclic) bond motifs is 2. The van der Waals surface area contributed by atoms with Crippen molar-refractivity contribution in [1.82, 2.24) is 10.6 Å². The molecule has 0 unspecified atom stereocenters. The zero-order valence-electron chi connectivity index (χ0n) is 17.8. The van der Waals surface area contributed by atoms with Gasteiger partial charge < -0.3 is 25.2 Å². The van der Waals surface area contributed by atoms with Crippen LogP contribution in [0.4, 0.5) is 13.6 Å². The van der Waals surface area contributed by atoms with E-state index >= 15 is 0 Å². The predicted octanol–water partition coefficient (Wildman–Crippen LogP) is 2.87. The summed E-state index contributed by atoms with van der Waals surface area (Å²) >= 11 is 0. The van der Waals surface area contributed by atoms with E-state index in [1.54, 1.807) is 12.2 Å². The lowest BCUT2D eigenvalue weighted by molar-refractivity contribution is -0.165. The molecule has 176 valence electrons. The molecule has 8 nitrogen and oxygen atoms in total. The van der Waals surface area contributed by atoms with E-state index in [1.807, 2.05) is 6.92 Å². The largest absolute Gasteiger partial charge is 0.477 e. The molecule has 0 saturated carbocycles. The number of carbonyl (C=O) groups excluding carboxylic acids is 2. The first kappa shape index (κ1) is 25.0. The number of amides is 2. The molecule has 2 amide bonds. The van der Waals surface area contributed by atoms with Gasteiger partial charge in [-0.25, -0.2) is 9.59 Å². The topological polar surface area (TPSA) is 114 Å². The summed E-state index contributed by atoms with van der Waals surface area (Å²) in [5.74, 6) is -5.99. The molecular formula is C21H32F2N2O6. The summed E-state index contributed by atoms with van der Waals surface area (Å²) in [6.45, 7) is 2.53. The standard InChI is InChI=1S/C21H32F2N2O6/c1-2-3-11-24-20(29)30-13-18(26)25-12-15-14(16-8-9-17(15)31-16)7-5-4-6-10-21(22,23)19(27)28/h4-5,14-17H,2-3,6-13H2,1H3,(H,24,29)(H,25,26)(H,27,28)/b5-4-/t14-,15+,16-,17+/m1/s1. The van der Waals surface area contributed by atoms with Crippen LogP contribution in [0.3, 0.4) is 0 Å². The highest BCUT2D eigenvalue weighted by Crippen LogP contribution is 2.44. The molecule has 2 bridgehead atoms. The number of halogens is 2. The normalized spacial score (nSPS) is 25.0. The first-order chi connectivity index (χ1) is 14.7. The monoisotopic (exact) mass is 446 g/mol. The van der Waals surface area contributed by atoms with Gasteiger partial charge in [-0.2, -0.15) is 8.78 Å². The second-order valence-electron chi connectivity index (χ2n) is 8.03. The molecule has 3 N–H and O–H groups in total. The maximum Gasteiger partial charge on any atom is 0.407 e. The van der Waals surface area contributed by atoms with Gasteiger partial charge in [0.2, 0.25) is 0 Å². The molecule has 0 spiro atoms. The average molecular weight is 446 g/mol. The van der Waals surface area contributed by atoms with Crippen molar-refractivity contribution >= 4 is 18.0 Å². The molecule has 2 saturated heterocycles. The fourth-order valence-electron chi connectivity index (χ4n) is 4.05. The zero-order valence-corrected chi connectivity index (χ0v) is 17.8. The molecule has 2 heterocycles. The SMILES string of the molecule is CCCCNC(=O)OCC(=O)NC[C@H]1[C@@H](C/C=C\CCC(F)(F)C(=O)O)[C@H]2CC[C@@H]1O2. The Morgan fingerprint density at radius 3 is 2.55 bits per heavy atom. The number of alkyl halides is 2. The van der Waals surface area contributed by atoms with Gasteiger partial charge in [-0.15, -0.1) is 0 Å². The van der Waals surface area contributed by atoms with Crippen LogP contribution in [-0.2, 0) is 19.1 Å². The number of alkyl carbamates (subject to hydrolysis) is 1. The van der Waals surface area contributed by atoms with E-state index in [-0.39, 0.29) is 37.1 Å². The van der Waals surface area contributed by atoms with Crippen LogP contribution >= 0.6 is 0 Å². The lowest BCUT2D eigenvalue weighted by Gasteiger charge is -2.27. The number of aliphatic carboxylic acids is 1. The summed E-state index contributed by atoms with van der Waals surface area (Å²) in [6.07, 6.45) is 6.29. The highest BCUT2D eigenvalue weighted by Gasteiger charge is 2.48. The fourth-order valence-corrected chi connectivity index (χ4v) is 4.05. The molecule has 2 aliphatic rings. The Balaban J connectivity index is 1.72. The number of carboxylic acid groups (broad SMARTS) is 1. The number of ether oxygens (including phenoxy) is 2. The van der Waals surface area contributed by atoms with Crippen molar-refractivity contribution in [3.05, 3.63) is 12.2 Å². The van der Waals surface area contributed by atoms with Gasteiger partial charge in [-0.3, -0.25) is 4.79 Å². The third kappa shape index (κ3) is 7.75. The molecule has 4 atom stereocenters. The van der Waals surface area contributed by atoms with Crippen LogP contribution in [0.15, 0.2) is 12.2 Å². The third-order valence-electron chi connectivity index (χ3n) is 5.77. The van der Waals surface area contributed by atoms with E-state index in [2.05, 4.69) is 10.6 Å². The molecular weight excluding hydrogens is 414 g/mol. The number of allylic oxidation sites excluding steroid dienone is 2. The number of carbonyl (C=O) groups is 3. The van der Waals surface area contributed by atoms with E-state index in [4.69, 9.17) is 14.6 Å². The third-order valence-corrected chi connectivity index (χ3v) is 5.77. The number of hydrogen-bond donors (Lipinski definition) is 3. The van der Waals surface area contributed by atoms with Gasteiger partial charge >= 0.3 is 18.0 Å². The summed E-state index contributed by atoms with van der Waals surface area (Å²) in [4.78, 5) is 33.9. The van der Waals surface area contributed by atoms with E-state index < -0.39 is 30.3 Å². The Labute approximate surface area is 180 Å². The van der Waals surface area contributed by atoms with Crippen molar-refractivity contribution < 1.29 is 37.7 Å². The van der Waals surface area contributed by atoms with Crippen LogP contribution < -0.4 is 10.6 Å². The maximum atomic E-state index is 13.1. The molecule has 2 fully saturated rings. The predicted molar refractivity (Wildman–Crippen MR) is 108 cm³/mol. The Morgan fingerprint density at radius 2 is 1.87 bits per heavy atom. The quantitative estimate of drug-likeness (QED) is 0.296. The summed E-state index contributed by atoms with van der Waals surface area (Å²) in [5.41, 5.74) is 0. The van der Waals surface area contributed by atoms with Crippen molar-refractivity contribution in [1.29, 1.82) is 0 Å². The van der Waals surface area contributed by atoms with Crippen molar-refractivity contribution in [2.75, 3.05) is 19.7 Å². The lowest BCUT2D eigenvalue weighted by atomic mass is 9.77. The highest BCUT2D eigenvalue weighted by atomic mass is 19.3. The van der Waals surface area contributed by atoms with Crippen LogP contribution in [0.25, 0.3) is 0 Å². The molecule has 0 aromatic carbocycles. The number of hydrogen-bond acceptors (Lipinski definition) is 5. The molecule has 0 radical (unpaired) electrons. The van der Waals surface area contributed by atoms with Gasteiger partial charge in [0, 0.05) is 25.4 Å². The Morgan fingerprint density at radius 1 is 1.16 bits per heavy atom. The van der Waals surface area contributed by atoms with E-state index in [0.717, 1.165) is 25.7 Å². The second-order valence-corrected chi connectivity index (χ2v) is 8.03. The van der Waals surface area contributed by atoms with Gasteiger partial charge in [-0.1, -0.05) is 25.5 Å². The number of unbranched alkanes of at least 4 members (excludes halogenated alkanes) is 1. The maximum absolute atomic E-state index is 13.1. The first-order valence-corrected chi connectivity index (χ1v) is 10.8. The number of nitrogens with one attached hydrogen (secondary N) is 2. The highest BCUT2D eigenvalue weighted by molar-refractivity contribution is 5.80.